The van der Waals surface area contributed by atoms with Crippen molar-refractivity contribution in [1.29, 1.82) is 5.26 Å². The number of pyridine rings is 1. The molecular weight excluding hydrogens is 322 g/mol. The summed E-state index contributed by atoms with van der Waals surface area (Å²) in [5.41, 5.74) is 1.88. The number of imidazole rings is 1. The highest BCUT2D eigenvalue weighted by molar-refractivity contribution is 5.42. The van der Waals surface area contributed by atoms with Crippen LogP contribution in [0.2, 0.25) is 0 Å². The molecule has 0 amide bonds. The van der Waals surface area contributed by atoms with Crippen LogP contribution in [0.5, 0.6) is 0 Å². The van der Waals surface area contributed by atoms with Crippen LogP contribution in [0.15, 0.2) is 61.1 Å². The fourth-order valence-electron chi connectivity index (χ4n) is 3.63. The standard InChI is InChI=1S/C21H21N5/c22-13-18-8-9-20(24-14-18)25-11-4-7-19(16-25)21-23-10-12-26(21)15-17-5-2-1-3-6-17/h1-3,5-6,8-10,12,14,19H,4,7,11,15-16H2/t19-/m0/s1. The molecule has 0 radical (unpaired) electrons. The Labute approximate surface area is 153 Å². The van der Waals surface area contributed by atoms with E-state index in [-0.39, 0.29) is 0 Å². The Bertz CT molecular complexity index is 892. The van der Waals surface area contributed by atoms with Crippen molar-refractivity contribution in [2.45, 2.75) is 25.3 Å². The van der Waals surface area contributed by atoms with Crippen LogP contribution in [0.1, 0.15) is 35.7 Å². The van der Waals surface area contributed by atoms with Crippen LogP contribution in [0.25, 0.3) is 0 Å². The topological polar surface area (TPSA) is 57.7 Å². The summed E-state index contributed by atoms with van der Waals surface area (Å²) in [6, 6.07) is 16.4. The Morgan fingerprint density at radius 1 is 1.12 bits per heavy atom. The number of aromatic nitrogens is 3. The first kappa shape index (κ1) is 16.3. The number of anilines is 1. The lowest BCUT2D eigenvalue weighted by atomic mass is 9.97. The van der Waals surface area contributed by atoms with E-state index >= 15 is 0 Å². The smallest absolute Gasteiger partial charge is 0.128 e. The summed E-state index contributed by atoms with van der Waals surface area (Å²) in [4.78, 5) is 11.4. The summed E-state index contributed by atoms with van der Waals surface area (Å²) in [7, 11) is 0. The normalized spacial score (nSPS) is 17.0. The molecule has 3 aromatic rings. The summed E-state index contributed by atoms with van der Waals surface area (Å²) in [6.07, 6.45) is 7.87. The molecule has 5 heteroatoms. The number of hydrogen-bond acceptors (Lipinski definition) is 4. The Kier molecular flexibility index (Phi) is 4.65. The maximum atomic E-state index is 8.94. The number of benzene rings is 1. The largest absolute Gasteiger partial charge is 0.356 e. The van der Waals surface area contributed by atoms with Gasteiger partial charge in [-0.2, -0.15) is 5.26 Å². The van der Waals surface area contributed by atoms with Gasteiger partial charge < -0.3 is 9.47 Å². The molecule has 1 aliphatic rings. The highest BCUT2D eigenvalue weighted by atomic mass is 15.2. The van der Waals surface area contributed by atoms with Crippen molar-refractivity contribution in [3.8, 4) is 6.07 Å². The maximum Gasteiger partial charge on any atom is 0.128 e. The van der Waals surface area contributed by atoms with Crippen LogP contribution < -0.4 is 4.90 Å². The lowest BCUT2D eigenvalue weighted by Crippen LogP contribution is -2.36. The van der Waals surface area contributed by atoms with E-state index < -0.39 is 0 Å². The summed E-state index contributed by atoms with van der Waals surface area (Å²) in [6.45, 7) is 2.75. The highest BCUT2D eigenvalue weighted by Crippen LogP contribution is 2.28. The van der Waals surface area contributed by atoms with Gasteiger partial charge in [-0.25, -0.2) is 9.97 Å². The third-order valence-corrected chi connectivity index (χ3v) is 4.93. The number of nitrogens with zero attached hydrogens (tertiary/aromatic N) is 5. The van der Waals surface area contributed by atoms with Crippen LogP contribution in [-0.2, 0) is 6.54 Å². The summed E-state index contributed by atoms with van der Waals surface area (Å²) in [5, 5.41) is 8.94. The molecule has 2 aromatic heterocycles. The molecule has 1 atom stereocenters. The average Bonchev–Trinajstić information content (AvgIpc) is 3.17. The van der Waals surface area contributed by atoms with Gasteiger partial charge in [0.15, 0.2) is 0 Å². The van der Waals surface area contributed by atoms with Gasteiger partial charge in [-0.3, -0.25) is 0 Å². The van der Waals surface area contributed by atoms with Crippen LogP contribution in [0, 0.1) is 11.3 Å². The molecule has 1 saturated heterocycles. The SMILES string of the molecule is N#Cc1ccc(N2CCC[C@H](c3nccn3Cc3ccccc3)C2)nc1. The van der Waals surface area contributed by atoms with Crippen molar-refractivity contribution in [3.63, 3.8) is 0 Å². The minimum atomic E-state index is 0.389. The Morgan fingerprint density at radius 2 is 2.00 bits per heavy atom. The second-order valence-corrected chi connectivity index (χ2v) is 6.70. The molecular formula is C21H21N5. The van der Waals surface area contributed by atoms with E-state index in [0.717, 1.165) is 44.1 Å². The van der Waals surface area contributed by atoms with E-state index in [1.54, 1.807) is 6.20 Å². The van der Waals surface area contributed by atoms with Crippen molar-refractivity contribution in [2.75, 3.05) is 18.0 Å². The fraction of sp³-hybridized carbons (Fsp3) is 0.286. The quantitative estimate of drug-likeness (QED) is 0.726. The zero-order valence-corrected chi connectivity index (χ0v) is 14.6. The van der Waals surface area contributed by atoms with Gasteiger partial charge in [0.05, 0.1) is 5.56 Å². The van der Waals surface area contributed by atoms with Gasteiger partial charge in [-0.1, -0.05) is 30.3 Å². The highest BCUT2D eigenvalue weighted by Gasteiger charge is 2.25. The van der Waals surface area contributed by atoms with E-state index in [9.17, 15) is 0 Å². The first-order valence-corrected chi connectivity index (χ1v) is 8.99. The number of nitriles is 1. The van der Waals surface area contributed by atoms with Crippen LogP contribution >= 0.6 is 0 Å². The van der Waals surface area contributed by atoms with Crippen molar-refractivity contribution < 1.29 is 0 Å². The molecule has 0 N–H and O–H groups in total. The van der Waals surface area contributed by atoms with E-state index in [1.165, 1.54) is 5.56 Å². The minimum absolute atomic E-state index is 0.389. The van der Waals surface area contributed by atoms with E-state index in [0.29, 0.717) is 11.5 Å². The molecule has 130 valence electrons. The van der Waals surface area contributed by atoms with Gasteiger partial charge >= 0.3 is 0 Å². The predicted octanol–water partition coefficient (Wildman–Crippen LogP) is 3.58. The third-order valence-electron chi connectivity index (χ3n) is 4.93. The van der Waals surface area contributed by atoms with Gasteiger partial charge in [0.2, 0.25) is 0 Å². The first-order valence-electron chi connectivity index (χ1n) is 8.99. The van der Waals surface area contributed by atoms with Crippen molar-refractivity contribution >= 4 is 5.82 Å². The van der Waals surface area contributed by atoms with E-state index in [1.807, 2.05) is 24.4 Å². The average molecular weight is 343 g/mol. The number of piperidine rings is 1. The van der Waals surface area contributed by atoms with Gasteiger partial charge in [0, 0.05) is 44.1 Å². The first-order chi connectivity index (χ1) is 12.8. The summed E-state index contributed by atoms with van der Waals surface area (Å²) < 4.78 is 2.26. The number of hydrogen-bond donors (Lipinski definition) is 0. The fourth-order valence-corrected chi connectivity index (χ4v) is 3.63. The lowest BCUT2D eigenvalue weighted by Gasteiger charge is -2.33. The molecule has 0 unspecified atom stereocenters. The summed E-state index contributed by atoms with van der Waals surface area (Å²) in [5.74, 6) is 2.47. The summed E-state index contributed by atoms with van der Waals surface area (Å²) >= 11 is 0. The molecule has 0 bridgehead atoms. The molecule has 0 spiro atoms. The zero-order chi connectivity index (χ0) is 17.8. The van der Waals surface area contributed by atoms with Crippen LogP contribution in [-0.4, -0.2) is 27.6 Å². The van der Waals surface area contributed by atoms with Gasteiger partial charge in [-0.15, -0.1) is 0 Å². The molecule has 3 heterocycles. The van der Waals surface area contributed by atoms with E-state index in [2.05, 4.69) is 56.0 Å². The number of rotatable bonds is 4. The molecule has 1 aliphatic heterocycles. The molecule has 26 heavy (non-hydrogen) atoms. The van der Waals surface area contributed by atoms with Crippen molar-refractivity contribution in [1.82, 2.24) is 14.5 Å². The second-order valence-electron chi connectivity index (χ2n) is 6.70. The van der Waals surface area contributed by atoms with Gasteiger partial charge in [0.25, 0.3) is 0 Å². The predicted molar refractivity (Wildman–Crippen MR) is 101 cm³/mol. The zero-order valence-electron chi connectivity index (χ0n) is 14.6. The molecule has 0 aliphatic carbocycles. The molecule has 4 rings (SSSR count). The lowest BCUT2D eigenvalue weighted by molar-refractivity contribution is 0.474. The Hall–Kier alpha value is -3.13. The minimum Gasteiger partial charge on any atom is -0.356 e. The van der Waals surface area contributed by atoms with Crippen LogP contribution in [0.4, 0.5) is 5.82 Å². The van der Waals surface area contributed by atoms with Crippen LogP contribution in [0.3, 0.4) is 0 Å². The third kappa shape index (κ3) is 3.45. The molecule has 0 saturated carbocycles. The van der Waals surface area contributed by atoms with Gasteiger partial charge in [0.1, 0.15) is 17.7 Å². The second kappa shape index (κ2) is 7.40. The Balaban J connectivity index is 1.51. The van der Waals surface area contributed by atoms with Crippen molar-refractivity contribution in [3.05, 3.63) is 78.0 Å². The molecule has 1 aromatic carbocycles. The Morgan fingerprint density at radius 3 is 2.77 bits per heavy atom. The van der Waals surface area contributed by atoms with Gasteiger partial charge in [-0.05, 0) is 30.5 Å². The maximum absolute atomic E-state index is 8.94. The monoisotopic (exact) mass is 343 g/mol. The van der Waals surface area contributed by atoms with Crippen molar-refractivity contribution in [2.24, 2.45) is 0 Å². The van der Waals surface area contributed by atoms with E-state index in [4.69, 9.17) is 5.26 Å². The molecule has 1 fully saturated rings. The molecule has 5 nitrogen and oxygen atoms in total.